The molecule has 0 spiro atoms. The Morgan fingerprint density at radius 3 is 2.07 bits per heavy atom. The van der Waals surface area contributed by atoms with Crippen LogP contribution < -0.4 is 16.0 Å². The molecule has 0 bridgehead atoms. The molecule has 4 nitrogen and oxygen atoms in total. The summed E-state index contributed by atoms with van der Waals surface area (Å²) < 4.78 is 0. The largest absolute Gasteiger partial charge is 0.506 e. The maximum atomic E-state index is 9.52. The molecule has 0 fully saturated rings. The summed E-state index contributed by atoms with van der Waals surface area (Å²) in [6.07, 6.45) is 0. The summed E-state index contributed by atoms with van der Waals surface area (Å²) in [6.45, 7) is 0. The van der Waals surface area contributed by atoms with Crippen molar-refractivity contribution in [1.29, 1.82) is 0 Å². The van der Waals surface area contributed by atoms with Crippen molar-refractivity contribution in [3.8, 4) is 5.75 Å². The number of nitrogens with one attached hydrogen (secondary N) is 3. The van der Waals surface area contributed by atoms with Crippen LogP contribution in [0.25, 0.3) is 0 Å². The van der Waals surface area contributed by atoms with Crippen molar-refractivity contribution in [3.63, 3.8) is 0 Å². The third-order valence-corrected chi connectivity index (χ3v) is 2.40. The summed E-state index contributed by atoms with van der Waals surface area (Å²) in [5, 5.41) is 18.8. The monoisotopic (exact) mass is 215 g/mol. The van der Waals surface area contributed by atoms with Crippen LogP contribution in [0.3, 0.4) is 0 Å². The van der Waals surface area contributed by atoms with Crippen molar-refractivity contribution in [2.75, 3.05) is 37.1 Å². The van der Waals surface area contributed by atoms with Crippen LogP contribution in [0, 0.1) is 0 Å². The first-order valence-corrected chi connectivity index (χ1v) is 4.62. The lowest BCUT2D eigenvalue weighted by Crippen LogP contribution is -2.02. The standard InChI is InChI=1S/C9H14ClN3O/c1-11-5-4-6(14)7(10)9(13-3)8(5)12-2/h4,11-14H,1-3H3. The minimum atomic E-state index is 0.0550. The summed E-state index contributed by atoms with van der Waals surface area (Å²) in [5.41, 5.74) is 2.30. The van der Waals surface area contributed by atoms with E-state index >= 15 is 0 Å². The van der Waals surface area contributed by atoms with Gasteiger partial charge in [-0.05, 0) is 0 Å². The van der Waals surface area contributed by atoms with Crippen molar-refractivity contribution < 1.29 is 5.11 Å². The number of hydrogen-bond acceptors (Lipinski definition) is 4. The van der Waals surface area contributed by atoms with Crippen LogP contribution in [0.1, 0.15) is 0 Å². The fourth-order valence-electron chi connectivity index (χ4n) is 1.34. The van der Waals surface area contributed by atoms with Crippen LogP contribution >= 0.6 is 11.6 Å². The van der Waals surface area contributed by atoms with Gasteiger partial charge >= 0.3 is 0 Å². The number of halogens is 1. The molecule has 14 heavy (non-hydrogen) atoms. The third kappa shape index (κ3) is 1.65. The zero-order chi connectivity index (χ0) is 10.7. The van der Waals surface area contributed by atoms with E-state index in [1.165, 1.54) is 0 Å². The van der Waals surface area contributed by atoms with Gasteiger partial charge in [0, 0.05) is 27.2 Å². The minimum Gasteiger partial charge on any atom is -0.506 e. The molecule has 78 valence electrons. The molecule has 5 heteroatoms. The highest BCUT2D eigenvalue weighted by Gasteiger charge is 2.13. The van der Waals surface area contributed by atoms with Crippen LogP contribution in [0.2, 0.25) is 5.02 Å². The Balaban J connectivity index is 3.42. The van der Waals surface area contributed by atoms with E-state index in [9.17, 15) is 5.11 Å². The van der Waals surface area contributed by atoms with Crippen molar-refractivity contribution in [1.82, 2.24) is 0 Å². The highest BCUT2D eigenvalue weighted by Crippen LogP contribution is 2.42. The molecular formula is C9H14ClN3O. The number of rotatable bonds is 3. The Labute approximate surface area is 88.3 Å². The van der Waals surface area contributed by atoms with Gasteiger partial charge in [-0.15, -0.1) is 0 Å². The SMILES string of the molecule is CNc1cc(O)c(Cl)c(NC)c1NC. The van der Waals surface area contributed by atoms with Crippen LogP contribution in [0.4, 0.5) is 17.1 Å². The van der Waals surface area contributed by atoms with Gasteiger partial charge < -0.3 is 21.1 Å². The first-order valence-electron chi connectivity index (χ1n) is 4.24. The molecule has 0 amide bonds. The molecule has 0 unspecified atom stereocenters. The van der Waals surface area contributed by atoms with E-state index in [0.29, 0.717) is 10.7 Å². The number of benzene rings is 1. The fourth-order valence-corrected chi connectivity index (χ4v) is 1.58. The highest BCUT2D eigenvalue weighted by molar-refractivity contribution is 6.35. The van der Waals surface area contributed by atoms with Crippen molar-refractivity contribution in [2.45, 2.75) is 0 Å². The Morgan fingerprint density at radius 1 is 1.07 bits per heavy atom. The number of phenolic OH excluding ortho intramolecular Hbond substituents is 1. The second kappa shape index (κ2) is 4.28. The molecule has 0 saturated heterocycles. The topological polar surface area (TPSA) is 56.3 Å². The zero-order valence-corrected chi connectivity index (χ0v) is 9.16. The molecule has 0 radical (unpaired) electrons. The molecular weight excluding hydrogens is 202 g/mol. The number of anilines is 3. The van der Waals surface area contributed by atoms with E-state index in [4.69, 9.17) is 11.6 Å². The Bertz CT molecular complexity index is 341. The lowest BCUT2D eigenvalue weighted by molar-refractivity contribution is 0.476. The predicted octanol–water partition coefficient (Wildman–Crippen LogP) is 2.17. The molecule has 1 aromatic rings. The average Bonchev–Trinajstić information content (AvgIpc) is 2.20. The Hall–Kier alpha value is -1.29. The Morgan fingerprint density at radius 2 is 1.64 bits per heavy atom. The van der Waals surface area contributed by atoms with Crippen molar-refractivity contribution in [2.24, 2.45) is 0 Å². The number of hydrogen-bond donors (Lipinski definition) is 4. The molecule has 1 rings (SSSR count). The van der Waals surface area contributed by atoms with Crippen LogP contribution in [-0.4, -0.2) is 26.2 Å². The minimum absolute atomic E-state index is 0.0550. The quantitative estimate of drug-likeness (QED) is 0.584. The first kappa shape index (κ1) is 10.8. The zero-order valence-electron chi connectivity index (χ0n) is 8.40. The third-order valence-electron chi connectivity index (χ3n) is 2.01. The van der Waals surface area contributed by atoms with Crippen molar-refractivity contribution in [3.05, 3.63) is 11.1 Å². The van der Waals surface area contributed by atoms with Gasteiger partial charge in [0.15, 0.2) is 0 Å². The van der Waals surface area contributed by atoms with Crippen LogP contribution in [-0.2, 0) is 0 Å². The first-order chi connectivity index (χ1) is 6.65. The van der Waals surface area contributed by atoms with Crippen molar-refractivity contribution >= 4 is 28.7 Å². The van der Waals surface area contributed by atoms with E-state index in [1.54, 1.807) is 27.2 Å². The van der Waals surface area contributed by atoms with Gasteiger partial charge in [-0.3, -0.25) is 0 Å². The van der Waals surface area contributed by atoms with Gasteiger partial charge in [0.1, 0.15) is 10.8 Å². The Kier molecular flexibility index (Phi) is 3.30. The fraction of sp³-hybridized carbons (Fsp3) is 0.333. The summed E-state index contributed by atoms with van der Waals surface area (Å²) in [5.74, 6) is 0.0550. The molecule has 0 aliphatic heterocycles. The summed E-state index contributed by atoms with van der Waals surface area (Å²) >= 11 is 5.93. The van der Waals surface area contributed by atoms with Gasteiger partial charge in [-0.25, -0.2) is 0 Å². The van der Waals surface area contributed by atoms with Gasteiger partial charge in [0.25, 0.3) is 0 Å². The molecule has 0 aromatic heterocycles. The van der Waals surface area contributed by atoms with Crippen LogP contribution in [0.5, 0.6) is 5.75 Å². The summed E-state index contributed by atoms with van der Waals surface area (Å²) in [6, 6.07) is 1.58. The average molecular weight is 216 g/mol. The van der Waals surface area contributed by atoms with Gasteiger partial charge in [-0.1, -0.05) is 11.6 Å². The molecule has 0 heterocycles. The molecule has 0 atom stereocenters. The van der Waals surface area contributed by atoms with Gasteiger partial charge in [0.2, 0.25) is 0 Å². The second-order valence-electron chi connectivity index (χ2n) is 2.76. The van der Waals surface area contributed by atoms with Gasteiger partial charge in [0.05, 0.1) is 17.1 Å². The maximum Gasteiger partial charge on any atom is 0.138 e. The lowest BCUT2D eigenvalue weighted by atomic mass is 10.2. The van der Waals surface area contributed by atoms with E-state index in [1.807, 2.05) is 0 Å². The molecule has 4 N–H and O–H groups in total. The summed E-state index contributed by atoms with van der Waals surface area (Å²) in [7, 11) is 5.33. The number of phenols is 1. The van der Waals surface area contributed by atoms with Crippen LogP contribution in [0.15, 0.2) is 6.07 Å². The number of aromatic hydroxyl groups is 1. The second-order valence-corrected chi connectivity index (χ2v) is 3.14. The van der Waals surface area contributed by atoms with Gasteiger partial charge in [-0.2, -0.15) is 0 Å². The molecule has 0 aliphatic rings. The highest BCUT2D eigenvalue weighted by atomic mass is 35.5. The summed E-state index contributed by atoms with van der Waals surface area (Å²) in [4.78, 5) is 0. The molecule has 0 saturated carbocycles. The molecule has 0 aliphatic carbocycles. The maximum absolute atomic E-state index is 9.52. The normalized spacial score (nSPS) is 9.71. The van der Waals surface area contributed by atoms with E-state index < -0.39 is 0 Å². The van der Waals surface area contributed by atoms with E-state index in [0.717, 1.165) is 11.4 Å². The van der Waals surface area contributed by atoms with E-state index in [2.05, 4.69) is 16.0 Å². The predicted molar refractivity (Wildman–Crippen MR) is 61.8 cm³/mol. The lowest BCUT2D eigenvalue weighted by Gasteiger charge is -2.16. The smallest absolute Gasteiger partial charge is 0.138 e. The molecule has 1 aromatic carbocycles. The van der Waals surface area contributed by atoms with E-state index in [-0.39, 0.29) is 5.75 Å².